The average molecular weight is 318 g/mol. The third-order valence-electron chi connectivity index (χ3n) is 3.03. The first-order valence-electron chi connectivity index (χ1n) is 6.87. The highest BCUT2D eigenvalue weighted by Crippen LogP contribution is 2.15. The fourth-order valence-electron chi connectivity index (χ4n) is 1.94. The lowest BCUT2D eigenvalue weighted by Gasteiger charge is -2.09. The molecule has 2 aromatic carbocycles. The van der Waals surface area contributed by atoms with Gasteiger partial charge >= 0.3 is 0 Å². The van der Waals surface area contributed by atoms with Crippen molar-refractivity contribution in [2.24, 2.45) is 0 Å². The second-order valence-electron chi connectivity index (χ2n) is 4.67. The summed E-state index contributed by atoms with van der Waals surface area (Å²) in [5.41, 5.74) is 1.48. The van der Waals surface area contributed by atoms with Gasteiger partial charge in [0.2, 0.25) is 0 Å². The Morgan fingerprint density at radius 3 is 2.77 bits per heavy atom. The van der Waals surface area contributed by atoms with Crippen molar-refractivity contribution in [1.82, 2.24) is 5.32 Å². The number of carbonyl (C=O) groups excluding carboxylic acids is 2. The van der Waals surface area contributed by atoms with E-state index in [4.69, 9.17) is 16.3 Å². The number of aldehydes is 1. The molecule has 0 heterocycles. The lowest BCUT2D eigenvalue weighted by atomic mass is 10.1. The summed E-state index contributed by atoms with van der Waals surface area (Å²) >= 11 is 5.90. The van der Waals surface area contributed by atoms with Crippen LogP contribution < -0.4 is 10.1 Å². The molecule has 0 radical (unpaired) electrons. The van der Waals surface area contributed by atoms with Crippen molar-refractivity contribution in [2.45, 2.75) is 6.42 Å². The van der Waals surface area contributed by atoms with Gasteiger partial charge in [0.05, 0.1) is 5.56 Å². The van der Waals surface area contributed by atoms with Gasteiger partial charge in [0.15, 0.2) is 12.9 Å². The van der Waals surface area contributed by atoms with Crippen molar-refractivity contribution in [3.05, 3.63) is 64.7 Å². The van der Waals surface area contributed by atoms with Crippen LogP contribution in [0.15, 0.2) is 48.5 Å². The van der Waals surface area contributed by atoms with Gasteiger partial charge in [-0.2, -0.15) is 0 Å². The van der Waals surface area contributed by atoms with Gasteiger partial charge in [0.25, 0.3) is 5.91 Å². The second-order valence-corrected chi connectivity index (χ2v) is 5.11. The number of ether oxygens (including phenoxy) is 1. The van der Waals surface area contributed by atoms with Crippen molar-refractivity contribution >= 4 is 23.8 Å². The van der Waals surface area contributed by atoms with Crippen LogP contribution in [-0.4, -0.2) is 25.3 Å². The Balaban J connectivity index is 1.75. The van der Waals surface area contributed by atoms with Gasteiger partial charge in [-0.25, -0.2) is 0 Å². The summed E-state index contributed by atoms with van der Waals surface area (Å²) in [6.07, 6.45) is 1.39. The highest BCUT2D eigenvalue weighted by Gasteiger charge is 2.05. The molecule has 2 aromatic rings. The van der Waals surface area contributed by atoms with E-state index in [0.717, 1.165) is 5.56 Å². The minimum atomic E-state index is -0.234. The maximum atomic E-state index is 11.7. The summed E-state index contributed by atoms with van der Waals surface area (Å²) in [4.78, 5) is 22.6. The van der Waals surface area contributed by atoms with Crippen molar-refractivity contribution in [3.63, 3.8) is 0 Å². The molecule has 0 fully saturated rings. The van der Waals surface area contributed by atoms with E-state index < -0.39 is 0 Å². The Labute approximate surface area is 134 Å². The average Bonchev–Trinajstić information content (AvgIpc) is 2.53. The molecule has 0 aromatic heterocycles. The number of benzene rings is 2. The smallest absolute Gasteiger partial charge is 0.257 e. The minimum absolute atomic E-state index is 0.125. The molecule has 4 nitrogen and oxygen atoms in total. The molecule has 0 unspecified atom stereocenters. The third kappa shape index (κ3) is 4.90. The maximum absolute atomic E-state index is 11.7. The van der Waals surface area contributed by atoms with E-state index in [0.29, 0.717) is 35.6 Å². The van der Waals surface area contributed by atoms with E-state index >= 15 is 0 Å². The van der Waals surface area contributed by atoms with Crippen LogP contribution in [0.1, 0.15) is 15.9 Å². The van der Waals surface area contributed by atoms with E-state index in [1.54, 1.807) is 24.3 Å². The van der Waals surface area contributed by atoms with Gasteiger partial charge in [-0.1, -0.05) is 35.9 Å². The number of carbonyl (C=O) groups is 2. The van der Waals surface area contributed by atoms with Gasteiger partial charge in [-0.3, -0.25) is 9.59 Å². The summed E-state index contributed by atoms with van der Waals surface area (Å²) < 4.78 is 5.35. The van der Waals surface area contributed by atoms with Crippen molar-refractivity contribution < 1.29 is 14.3 Å². The van der Waals surface area contributed by atoms with Crippen LogP contribution >= 0.6 is 11.6 Å². The molecule has 0 atom stereocenters. The Morgan fingerprint density at radius 2 is 2.00 bits per heavy atom. The summed E-state index contributed by atoms with van der Waals surface area (Å²) in [6.45, 7) is 0.373. The van der Waals surface area contributed by atoms with Gasteiger partial charge in [-0.15, -0.1) is 0 Å². The maximum Gasteiger partial charge on any atom is 0.257 e. The van der Waals surface area contributed by atoms with Crippen molar-refractivity contribution in [2.75, 3.05) is 13.2 Å². The topological polar surface area (TPSA) is 55.4 Å². The van der Waals surface area contributed by atoms with Crippen LogP contribution in [0.25, 0.3) is 0 Å². The first-order chi connectivity index (χ1) is 10.7. The molecule has 0 aliphatic heterocycles. The number of hydrogen-bond acceptors (Lipinski definition) is 3. The standard InChI is InChI=1S/C17H16ClNO3/c18-15-6-3-4-13(10-15)8-9-19-17(21)12-22-16-7-2-1-5-14(16)11-20/h1-7,10-11H,8-9,12H2,(H,19,21). The lowest BCUT2D eigenvalue weighted by Crippen LogP contribution is -2.30. The number of rotatable bonds is 7. The normalized spacial score (nSPS) is 10.0. The predicted molar refractivity (Wildman–Crippen MR) is 85.5 cm³/mol. The fraction of sp³-hybridized carbons (Fsp3) is 0.176. The van der Waals surface area contributed by atoms with Crippen molar-refractivity contribution in [1.29, 1.82) is 0 Å². The predicted octanol–water partition coefficient (Wildman–Crippen LogP) is 2.89. The Hall–Kier alpha value is -2.33. The number of halogens is 1. The van der Waals surface area contributed by atoms with E-state index in [9.17, 15) is 9.59 Å². The highest BCUT2D eigenvalue weighted by atomic mass is 35.5. The van der Waals surface area contributed by atoms with Crippen molar-refractivity contribution in [3.8, 4) is 5.75 Å². The molecule has 0 bridgehead atoms. The molecular formula is C17H16ClNO3. The molecule has 22 heavy (non-hydrogen) atoms. The molecule has 0 saturated carbocycles. The van der Waals surface area contributed by atoms with E-state index in [1.165, 1.54) is 0 Å². The Kier molecular flexibility index (Phi) is 5.98. The number of hydrogen-bond donors (Lipinski definition) is 1. The Bertz CT molecular complexity index is 658. The SMILES string of the molecule is O=Cc1ccccc1OCC(=O)NCCc1cccc(Cl)c1. The number of amides is 1. The lowest BCUT2D eigenvalue weighted by molar-refractivity contribution is -0.123. The summed E-state index contributed by atoms with van der Waals surface area (Å²) in [7, 11) is 0. The third-order valence-corrected chi connectivity index (χ3v) is 3.26. The molecule has 0 saturated heterocycles. The van der Waals surface area contributed by atoms with Crippen LogP contribution in [0.5, 0.6) is 5.75 Å². The summed E-state index contributed by atoms with van der Waals surface area (Å²) in [5.74, 6) is 0.172. The van der Waals surface area contributed by atoms with Crippen LogP contribution in [0.2, 0.25) is 5.02 Å². The molecule has 0 aliphatic rings. The summed E-state index contributed by atoms with van der Waals surface area (Å²) in [5, 5.41) is 3.44. The van der Waals surface area contributed by atoms with Gasteiger partial charge < -0.3 is 10.1 Å². The largest absolute Gasteiger partial charge is 0.483 e. The molecule has 2 rings (SSSR count). The van der Waals surface area contributed by atoms with E-state index in [2.05, 4.69) is 5.32 Å². The molecule has 1 amide bonds. The Morgan fingerprint density at radius 1 is 1.18 bits per heavy atom. The van der Waals surface area contributed by atoms with Crippen LogP contribution in [-0.2, 0) is 11.2 Å². The quantitative estimate of drug-likeness (QED) is 0.799. The minimum Gasteiger partial charge on any atom is -0.483 e. The second kappa shape index (κ2) is 8.20. The zero-order valence-corrected chi connectivity index (χ0v) is 12.7. The number of nitrogens with one attached hydrogen (secondary N) is 1. The van der Waals surface area contributed by atoms with Crippen LogP contribution in [0.3, 0.4) is 0 Å². The molecule has 0 spiro atoms. The van der Waals surface area contributed by atoms with Gasteiger partial charge in [0, 0.05) is 11.6 Å². The fourth-order valence-corrected chi connectivity index (χ4v) is 2.16. The van der Waals surface area contributed by atoms with E-state index in [-0.39, 0.29) is 12.5 Å². The zero-order valence-electron chi connectivity index (χ0n) is 11.9. The molecule has 114 valence electrons. The number of para-hydroxylation sites is 1. The van der Waals surface area contributed by atoms with Crippen LogP contribution in [0, 0.1) is 0 Å². The first-order valence-corrected chi connectivity index (χ1v) is 7.25. The molecular weight excluding hydrogens is 302 g/mol. The molecule has 5 heteroatoms. The highest BCUT2D eigenvalue weighted by molar-refractivity contribution is 6.30. The van der Waals surface area contributed by atoms with E-state index in [1.807, 2.05) is 24.3 Å². The molecule has 0 aliphatic carbocycles. The zero-order chi connectivity index (χ0) is 15.8. The molecule has 1 N–H and O–H groups in total. The first kappa shape index (κ1) is 16.0. The van der Waals surface area contributed by atoms with Gasteiger partial charge in [-0.05, 0) is 36.2 Å². The monoisotopic (exact) mass is 317 g/mol. The summed E-state index contributed by atoms with van der Waals surface area (Å²) in [6, 6.07) is 14.3. The van der Waals surface area contributed by atoms with Crippen LogP contribution in [0.4, 0.5) is 0 Å². The van der Waals surface area contributed by atoms with Gasteiger partial charge in [0.1, 0.15) is 5.75 Å².